The molecule has 2 heterocycles. The van der Waals surface area contributed by atoms with Crippen LogP contribution in [0.15, 0.2) is 24.3 Å². The Morgan fingerprint density at radius 2 is 2.00 bits per heavy atom. The van der Waals surface area contributed by atoms with Gasteiger partial charge in [0.1, 0.15) is 11.6 Å². The third kappa shape index (κ3) is 2.05. The Hall–Kier alpha value is -1.71. The molecule has 2 aromatic rings. The van der Waals surface area contributed by atoms with E-state index in [4.69, 9.17) is 0 Å². The van der Waals surface area contributed by atoms with E-state index in [0.717, 1.165) is 24.5 Å². The van der Waals surface area contributed by atoms with E-state index in [0.29, 0.717) is 5.56 Å². The normalized spacial score (nSPS) is 18.6. The number of benzene rings is 1. The molecule has 1 aromatic carbocycles. The van der Waals surface area contributed by atoms with Gasteiger partial charge in [0.25, 0.3) is 0 Å². The highest BCUT2D eigenvalue weighted by Gasteiger charge is 2.31. The molecule has 1 aliphatic rings. The third-order valence-corrected chi connectivity index (χ3v) is 3.57. The molecule has 1 aromatic heterocycles. The zero-order valence-electron chi connectivity index (χ0n) is 11.5. The summed E-state index contributed by atoms with van der Waals surface area (Å²) in [5.74, 6) is 1.65. The zero-order valence-corrected chi connectivity index (χ0v) is 11.5. The van der Waals surface area contributed by atoms with Crippen LogP contribution in [-0.4, -0.2) is 14.8 Å². The van der Waals surface area contributed by atoms with Gasteiger partial charge in [-0.15, -0.1) is 0 Å². The summed E-state index contributed by atoms with van der Waals surface area (Å²) >= 11 is 0. The summed E-state index contributed by atoms with van der Waals surface area (Å²) in [6, 6.07) is 6.93. The molecule has 0 spiro atoms. The lowest BCUT2D eigenvalue weighted by atomic mass is 9.96. The number of hydrogen-bond acceptors (Lipinski definition) is 2. The van der Waals surface area contributed by atoms with Crippen molar-refractivity contribution in [3.05, 3.63) is 47.3 Å². The maximum atomic E-state index is 13.9. The Morgan fingerprint density at radius 3 is 2.68 bits per heavy atom. The largest absolute Gasteiger partial charge is 0.242 e. The summed E-state index contributed by atoms with van der Waals surface area (Å²) in [5.41, 5.74) is 0.642. The van der Waals surface area contributed by atoms with Crippen LogP contribution >= 0.6 is 0 Å². The Morgan fingerprint density at radius 1 is 1.26 bits per heavy atom. The number of fused-ring (bicyclic) bond motifs is 1. The standard InChI is InChI=1S/C15H18FN3/c1-15(2,3)14-17-13-9-8-12(19(13)18-14)10-6-4-5-7-11(10)16/h4-7,12H,8-9H2,1-3H3/t12-/m1/s1. The van der Waals surface area contributed by atoms with E-state index < -0.39 is 0 Å². The van der Waals surface area contributed by atoms with Crippen LogP contribution in [0, 0.1) is 5.82 Å². The Bertz CT molecular complexity index is 610. The molecule has 3 rings (SSSR count). The van der Waals surface area contributed by atoms with E-state index in [2.05, 4.69) is 30.9 Å². The second-order valence-corrected chi connectivity index (χ2v) is 6.12. The highest BCUT2D eigenvalue weighted by atomic mass is 19.1. The van der Waals surface area contributed by atoms with Crippen LogP contribution in [0.25, 0.3) is 0 Å². The van der Waals surface area contributed by atoms with Crippen molar-refractivity contribution in [1.82, 2.24) is 14.8 Å². The Balaban J connectivity index is 2.03. The molecule has 19 heavy (non-hydrogen) atoms. The Labute approximate surface area is 112 Å². The topological polar surface area (TPSA) is 30.7 Å². The lowest BCUT2D eigenvalue weighted by Gasteiger charge is -2.15. The molecule has 0 bridgehead atoms. The lowest BCUT2D eigenvalue weighted by molar-refractivity contribution is 0.484. The van der Waals surface area contributed by atoms with Crippen molar-refractivity contribution in [2.45, 2.75) is 45.1 Å². The number of nitrogens with zero attached hydrogens (tertiary/aromatic N) is 3. The summed E-state index contributed by atoms with van der Waals surface area (Å²) in [7, 11) is 0. The van der Waals surface area contributed by atoms with E-state index in [9.17, 15) is 4.39 Å². The molecule has 0 amide bonds. The smallest absolute Gasteiger partial charge is 0.156 e. The molecule has 0 aliphatic carbocycles. The molecular formula is C15H18FN3. The number of halogens is 1. The van der Waals surface area contributed by atoms with Gasteiger partial charge in [0.05, 0.1) is 6.04 Å². The van der Waals surface area contributed by atoms with Crippen molar-refractivity contribution in [2.75, 3.05) is 0 Å². The van der Waals surface area contributed by atoms with Gasteiger partial charge in [0.2, 0.25) is 0 Å². The fourth-order valence-corrected chi connectivity index (χ4v) is 2.51. The molecule has 3 nitrogen and oxygen atoms in total. The van der Waals surface area contributed by atoms with Crippen molar-refractivity contribution in [2.24, 2.45) is 0 Å². The van der Waals surface area contributed by atoms with Gasteiger partial charge in [0.15, 0.2) is 5.82 Å². The molecule has 0 N–H and O–H groups in total. The second-order valence-electron chi connectivity index (χ2n) is 6.12. The maximum absolute atomic E-state index is 13.9. The number of rotatable bonds is 1. The van der Waals surface area contributed by atoms with Crippen molar-refractivity contribution in [3.8, 4) is 0 Å². The van der Waals surface area contributed by atoms with E-state index in [1.54, 1.807) is 6.07 Å². The predicted molar refractivity (Wildman–Crippen MR) is 71.6 cm³/mol. The van der Waals surface area contributed by atoms with Crippen LogP contribution in [0.5, 0.6) is 0 Å². The quantitative estimate of drug-likeness (QED) is 0.787. The average Bonchev–Trinajstić information content (AvgIpc) is 2.88. The SMILES string of the molecule is CC(C)(C)c1nc2n(n1)[C@@H](c1ccccc1F)CC2. The second kappa shape index (κ2) is 4.15. The molecule has 1 atom stereocenters. The number of aromatic nitrogens is 3. The van der Waals surface area contributed by atoms with Gasteiger partial charge in [-0.1, -0.05) is 39.0 Å². The minimum atomic E-state index is -0.159. The first-order valence-electron chi connectivity index (χ1n) is 6.67. The number of aryl methyl sites for hydroxylation is 1. The van der Waals surface area contributed by atoms with Crippen molar-refractivity contribution in [3.63, 3.8) is 0 Å². The molecular weight excluding hydrogens is 241 g/mol. The van der Waals surface area contributed by atoms with Gasteiger partial charge < -0.3 is 0 Å². The van der Waals surface area contributed by atoms with Gasteiger partial charge in [-0.2, -0.15) is 5.10 Å². The van der Waals surface area contributed by atoms with Crippen LogP contribution in [0.3, 0.4) is 0 Å². The fourth-order valence-electron chi connectivity index (χ4n) is 2.51. The highest BCUT2D eigenvalue weighted by Crippen LogP contribution is 2.33. The average molecular weight is 259 g/mol. The fraction of sp³-hybridized carbons (Fsp3) is 0.467. The third-order valence-electron chi connectivity index (χ3n) is 3.57. The van der Waals surface area contributed by atoms with Gasteiger partial charge >= 0.3 is 0 Å². The van der Waals surface area contributed by atoms with Crippen LogP contribution in [0.2, 0.25) is 0 Å². The van der Waals surface area contributed by atoms with E-state index in [1.165, 1.54) is 6.07 Å². The maximum Gasteiger partial charge on any atom is 0.156 e. The molecule has 100 valence electrons. The molecule has 0 radical (unpaired) electrons. The molecule has 0 fully saturated rings. The summed E-state index contributed by atoms with van der Waals surface area (Å²) < 4.78 is 15.8. The van der Waals surface area contributed by atoms with Crippen LogP contribution < -0.4 is 0 Å². The van der Waals surface area contributed by atoms with Gasteiger partial charge in [-0.3, -0.25) is 0 Å². The minimum Gasteiger partial charge on any atom is -0.242 e. The first-order chi connectivity index (χ1) is 8.97. The van der Waals surface area contributed by atoms with Gasteiger partial charge in [-0.25, -0.2) is 14.1 Å². The van der Waals surface area contributed by atoms with E-state index in [1.807, 2.05) is 16.8 Å². The Kier molecular flexibility index (Phi) is 2.69. The number of hydrogen-bond donors (Lipinski definition) is 0. The summed E-state index contributed by atoms with van der Waals surface area (Å²) in [5, 5.41) is 4.60. The van der Waals surface area contributed by atoms with Crippen molar-refractivity contribution in [1.29, 1.82) is 0 Å². The predicted octanol–water partition coefficient (Wildman–Crippen LogP) is 3.25. The summed E-state index contributed by atoms with van der Waals surface area (Å²) in [6.45, 7) is 6.28. The molecule has 1 aliphatic heterocycles. The summed E-state index contributed by atoms with van der Waals surface area (Å²) in [4.78, 5) is 4.60. The van der Waals surface area contributed by atoms with E-state index in [-0.39, 0.29) is 17.3 Å². The van der Waals surface area contributed by atoms with E-state index >= 15 is 0 Å². The monoisotopic (exact) mass is 259 g/mol. The first-order valence-corrected chi connectivity index (χ1v) is 6.67. The molecule has 0 unspecified atom stereocenters. The first kappa shape index (κ1) is 12.3. The van der Waals surface area contributed by atoms with Gasteiger partial charge in [-0.05, 0) is 12.5 Å². The van der Waals surface area contributed by atoms with Crippen molar-refractivity contribution < 1.29 is 4.39 Å². The van der Waals surface area contributed by atoms with Crippen LogP contribution in [-0.2, 0) is 11.8 Å². The van der Waals surface area contributed by atoms with Gasteiger partial charge in [0, 0.05) is 17.4 Å². The molecule has 0 saturated carbocycles. The molecule has 0 saturated heterocycles. The summed E-state index contributed by atoms with van der Waals surface area (Å²) in [6.07, 6.45) is 1.74. The van der Waals surface area contributed by atoms with Crippen LogP contribution in [0.4, 0.5) is 4.39 Å². The lowest BCUT2D eigenvalue weighted by Crippen LogP contribution is -2.16. The highest BCUT2D eigenvalue weighted by molar-refractivity contribution is 5.24. The minimum absolute atomic E-state index is 0.0141. The van der Waals surface area contributed by atoms with Crippen molar-refractivity contribution >= 4 is 0 Å². The molecule has 4 heteroatoms. The van der Waals surface area contributed by atoms with Crippen LogP contribution in [0.1, 0.15) is 50.4 Å². The zero-order chi connectivity index (χ0) is 13.6.